The largest absolute Gasteiger partial charge is 0.384 e. The Balaban J connectivity index is 2.49. The van der Waals surface area contributed by atoms with E-state index in [0.717, 1.165) is 0 Å². The average Bonchev–Trinajstić information content (AvgIpc) is 2.03. The van der Waals surface area contributed by atoms with Gasteiger partial charge in [0, 0.05) is 26.6 Å². The van der Waals surface area contributed by atoms with Gasteiger partial charge >= 0.3 is 0 Å². The SMILES string of the molecule is COCC(C)C1CC(=O)CC(=O)C1. The smallest absolute Gasteiger partial charge is 0.140 e. The van der Waals surface area contributed by atoms with Crippen molar-refractivity contribution >= 4 is 11.6 Å². The second-order valence-corrected chi connectivity index (χ2v) is 3.86. The van der Waals surface area contributed by atoms with Crippen LogP contribution < -0.4 is 0 Å². The van der Waals surface area contributed by atoms with E-state index >= 15 is 0 Å². The molecule has 0 aliphatic heterocycles. The third-order valence-electron chi connectivity index (χ3n) is 2.61. The number of ether oxygens (including phenoxy) is 1. The fourth-order valence-corrected chi connectivity index (χ4v) is 1.82. The number of carbonyl (C=O) groups is 2. The van der Waals surface area contributed by atoms with E-state index in [-0.39, 0.29) is 23.9 Å². The summed E-state index contributed by atoms with van der Waals surface area (Å²) in [4.78, 5) is 22.3. The first kappa shape index (κ1) is 10.4. The summed E-state index contributed by atoms with van der Waals surface area (Å²) in [6.07, 6.45) is 1.25. The molecule has 0 N–H and O–H groups in total. The van der Waals surface area contributed by atoms with Crippen LogP contribution >= 0.6 is 0 Å². The second kappa shape index (κ2) is 4.51. The van der Waals surface area contributed by atoms with Crippen molar-refractivity contribution in [2.24, 2.45) is 11.8 Å². The minimum atomic E-state index is 0.0872. The summed E-state index contributed by atoms with van der Waals surface area (Å²) in [6.45, 7) is 2.66. The van der Waals surface area contributed by atoms with E-state index in [1.165, 1.54) is 0 Å². The molecule has 13 heavy (non-hydrogen) atoms. The number of hydrogen-bond acceptors (Lipinski definition) is 3. The van der Waals surface area contributed by atoms with Gasteiger partial charge in [-0.1, -0.05) is 6.92 Å². The summed E-state index contributed by atoms with van der Waals surface area (Å²) in [6, 6.07) is 0. The third kappa shape index (κ3) is 2.92. The molecule has 0 heterocycles. The first-order chi connectivity index (χ1) is 6.13. The van der Waals surface area contributed by atoms with Gasteiger partial charge in [-0.05, 0) is 11.8 Å². The van der Waals surface area contributed by atoms with Gasteiger partial charge in [-0.3, -0.25) is 9.59 Å². The topological polar surface area (TPSA) is 43.4 Å². The Hall–Kier alpha value is -0.700. The highest BCUT2D eigenvalue weighted by atomic mass is 16.5. The van der Waals surface area contributed by atoms with Crippen LogP contribution in [0.5, 0.6) is 0 Å². The summed E-state index contributed by atoms with van der Waals surface area (Å²) < 4.78 is 5.00. The van der Waals surface area contributed by atoms with Crippen molar-refractivity contribution in [1.29, 1.82) is 0 Å². The molecule has 0 amide bonds. The van der Waals surface area contributed by atoms with Crippen LogP contribution in [-0.2, 0) is 14.3 Å². The standard InChI is InChI=1S/C10H16O3/c1-7(6-13-2)8-3-9(11)5-10(12)4-8/h7-8H,3-6H2,1-2H3. The predicted molar refractivity (Wildman–Crippen MR) is 48.4 cm³/mol. The fourth-order valence-electron chi connectivity index (χ4n) is 1.82. The molecule has 74 valence electrons. The van der Waals surface area contributed by atoms with Crippen molar-refractivity contribution in [1.82, 2.24) is 0 Å². The molecule has 0 radical (unpaired) electrons. The van der Waals surface area contributed by atoms with Crippen molar-refractivity contribution in [3.63, 3.8) is 0 Å². The lowest BCUT2D eigenvalue weighted by Gasteiger charge is -2.25. The zero-order valence-electron chi connectivity index (χ0n) is 8.21. The van der Waals surface area contributed by atoms with E-state index < -0.39 is 0 Å². The van der Waals surface area contributed by atoms with Crippen LogP contribution in [0.3, 0.4) is 0 Å². The van der Waals surface area contributed by atoms with Crippen LogP contribution in [0.25, 0.3) is 0 Å². The molecule has 3 heteroatoms. The number of hydrogen-bond donors (Lipinski definition) is 0. The first-order valence-electron chi connectivity index (χ1n) is 4.65. The van der Waals surface area contributed by atoms with Crippen LogP contribution in [0.2, 0.25) is 0 Å². The molecule has 1 unspecified atom stereocenters. The Bertz CT molecular complexity index is 194. The number of ketones is 2. The summed E-state index contributed by atoms with van der Waals surface area (Å²) >= 11 is 0. The van der Waals surface area contributed by atoms with Gasteiger partial charge in [-0.25, -0.2) is 0 Å². The lowest BCUT2D eigenvalue weighted by molar-refractivity contribution is -0.132. The predicted octanol–water partition coefficient (Wildman–Crippen LogP) is 1.21. The van der Waals surface area contributed by atoms with E-state index in [9.17, 15) is 9.59 Å². The molecular weight excluding hydrogens is 168 g/mol. The quantitative estimate of drug-likeness (QED) is 0.619. The third-order valence-corrected chi connectivity index (χ3v) is 2.61. The monoisotopic (exact) mass is 184 g/mol. The Labute approximate surface area is 78.5 Å². The Kier molecular flexibility index (Phi) is 3.60. The molecular formula is C10H16O3. The number of methoxy groups -OCH3 is 1. The molecule has 1 aliphatic rings. The van der Waals surface area contributed by atoms with Crippen molar-refractivity contribution in [3.8, 4) is 0 Å². The Morgan fingerprint density at radius 1 is 1.38 bits per heavy atom. The van der Waals surface area contributed by atoms with Crippen molar-refractivity contribution in [2.75, 3.05) is 13.7 Å². The molecule has 1 fully saturated rings. The number of carbonyl (C=O) groups excluding carboxylic acids is 2. The summed E-state index contributed by atoms with van der Waals surface area (Å²) in [7, 11) is 1.64. The maximum absolute atomic E-state index is 11.1. The molecule has 1 rings (SSSR count). The van der Waals surface area contributed by atoms with Gasteiger partial charge in [0.05, 0.1) is 6.42 Å². The van der Waals surface area contributed by atoms with Gasteiger partial charge in [0.25, 0.3) is 0 Å². The number of rotatable bonds is 3. The minimum absolute atomic E-state index is 0.0872. The lowest BCUT2D eigenvalue weighted by atomic mass is 9.80. The number of Topliss-reactive ketones (excluding diaryl/α,β-unsaturated/α-hetero) is 2. The molecule has 1 atom stereocenters. The molecule has 3 nitrogen and oxygen atoms in total. The first-order valence-corrected chi connectivity index (χ1v) is 4.65. The highest BCUT2D eigenvalue weighted by molar-refractivity contribution is 6.01. The van der Waals surface area contributed by atoms with Crippen LogP contribution in [0.1, 0.15) is 26.2 Å². The van der Waals surface area contributed by atoms with Crippen LogP contribution in [-0.4, -0.2) is 25.3 Å². The van der Waals surface area contributed by atoms with Gasteiger partial charge in [0.1, 0.15) is 11.6 Å². The van der Waals surface area contributed by atoms with E-state index in [2.05, 4.69) is 0 Å². The summed E-state index contributed by atoms with van der Waals surface area (Å²) in [5, 5.41) is 0. The van der Waals surface area contributed by atoms with Crippen molar-refractivity contribution in [2.45, 2.75) is 26.2 Å². The van der Waals surface area contributed by atoms with Gasteiger partial charge in [0.15, 0.2) is 0 Å². The second-order valence-electron chi connectivity index (χ2n) is 3.86. The summed E-state index contributed by atoms with van der Waals surface area (Å²) in [5.41, 5.74) is 0. The maximum Gasteiger partial charge on any atom is 0.140 e. The van der Waals surface area contributed by atoms with Crippen molar-refractivity contribution < 1.29 is 14.3 Å². The van der Waals surface area contributed by atoms with Crippen LogP contribution in [0.4, 0.5) is 0 Å². The van der Waals surface area contributed by atoms with Crippen LogP contribution in [0, 0.1) is 11.8 Å². The van der Waals surface area contributed by atoms with E-state index in [1.54, 1.807) is 7.11 Å². The molecule has 0 saturated heterocycles. The molecule has 0 spiro atoms. The molecule has 0 aromatic rings. The average molecular weight is 184 g/mol. The van der Waals surface area contributed by atoms with Gasteiger partial charge < -0.3 is 4.74 Å². The molecule has 0 bridgehead atoms. The molecule has 1 aliphatic carbocycles. The highest BCUT2D eigenvalue weighted by Crippen LogP contribution is 2.26. The molecule has 0 aromatic heterocycles. The zero-order chi connectivity index (χ0) is 9.84. The van der Waals surface area contributed by atoms with Gasteiger partial charge in [-0.2, -0.15) is 0 Å². The molecule has 1 saturated carbocycles. The maximum atomic E-state index is 11.1. The van der Waals surface area contributed by atoms with Crippen molar-refractivity contribution in [3.05, 3.63) is 0 Å². The fraction of sp³-hybridized carbons (Fsp3) is 0.800. The van der Waals surface area contributed by atoms with E-state index in [4.69, 9.17) is 4.74 Å². The Morgan fingerprint density at radius 2 is 1.92 bits per heavy atom. The van der Waals surface area contributed by atoms with E-state index in [0.29, 0.717) is 25.4 Å². The van der Waals surface area contributed by atoms with Gasteiger partial charge in [-0.15, -0.1) is 0 Å². The summed E-state index contributed by atoms with van der Waals surface area (Å²) in [5.74, 6) is 0.681. The van der Waals surface area contributed by atoms with Crippen LogP contribution in [0.15, 0.2) is 0 Å². The van der Waals surface area contributed by atoms with E-state index in [1.807, 2.05) is 6.92 Å². The normalized spacial score (nSPS) is 22.0. The molecule has 0 aromatic carbocycles. The Morgan fingerprint density at radius 3 is 2.38 bits per heavy atom. The minimum Gasteiger partial charge on any atom is -0.384 e. The zero-order valence-corrected chi connectivity index (χ0v) is 8.21. The lowest BCUT2D eigenvalue weighted by Crippen LogP contribution is -2.28. The van der Waals surface area contributed by atoms with Gasteiger partial charge in [0.2, 0.25) is 0 Å². The highest BCUT2D eigenvalue weighted by Gasteiger charge is 2.28.